The van der Waals surface area contributed by atoms with Gasteiger partial charge in [0.25, 0.3) is 5.91 Å². The molecule has 5 rings (SSSR count). The highest BCUT2D eigenvalue weighted by molar-refractivity contribution is 7.16. The number of amides is 1. The minimum atomic E-state index is -0.751. The predicted octanol–water partition coefficient (Wildman–Crippen LogP) is 4.14. The minimum absolute atomic E-state index is 0.153. The van der Waals surface area contributed by atoms with Crippen molar-refractivity contribution in [1.29, 1.82) is 0 Å². The summed E-state index contributed by atoms with van der Waals surface area (Å²) in [5, 5.41) is 2.50. The summed E-state index contributed by atoms with van der Waals surface area (Å²) in [6.45, 7) is 0.813. The molecule has 0 unspecified atom stereocenters. The number of hydrogen-bond donors (Lipinski definition) is 0. The Morgan fingerprint density at radius 2 is 1.86 bits per heavy atom. The maximum Gasteiger partial charge on any atom is 0.349 e. The molecule has 2 heterocycles. The number of rotatable bonds is 5. The first-order chi connectivity index (χ1) is 17.0. The fourth-order valence-electron chi connectivity index (χ4n) is 3.97. The van der Waals surface area contributed by atoms with Gasteiger partial charge >= 0.3 is 11.6 Å². The zero-order valence-corrected chi connectivity index (χ0v) is 19.8. The summed E-state index contributed by atoms with van der Waals surface area (Å²) >= 11 is 1.23. The number of ether oxygens (including phenoxy) is 2. The van der Waals surface area contributed by atoms with E-state index >= 15 is 0 Å². The Bertz CT molecular complexity index is 1740. The third-order valence-corrected chi connectivity index (χ3v) is 6.73. The van der Waals surface area contributed by atoms with Crippen LogP contribution in [0.15, 0.2) is 74.9 Å². The van der Waals surface area contributed by atoms with Gasteiger partial charge in [-0.05, 0) is 41.1 Å². The highest BCUT2D eigenvalue weighted by Crippen LogP contribution is 2.25. The molecule has 9 heteroatoms. The van der Waals surface area contributed by atoms with Crippen molar-refractivity contribution in [1.82, 2.24) is 4.57 Å². The van der Waals surface area contributed by atoms with Crippen LogP contribution < -0.4 is 10.4 Å². The number of carbonyl (C=O) groups is 2. The first-order valence-electron chi connectivity index (χ1n) is 10.8. The van der Waals surface area contributed by atoms with Gasteiger partial charge in [0, 0.05) is 19.0 Å². The largest absolute Gasteiger partial charge is 0.465 e. The van der Waals surface area contributed by atoms with E-state index in [0.29, 0.717) is 34.5 Å². The Kier molecular flexibility index (Phi) is 6.02. The molecular weight excluding hydrogens is 468 g/mol. The van der Waals surface area contributed by atoms with Crippen LogP contribution >= 0.6 is 11.3 Å². The van der Waals surface area contributed by atoms with E-state index in [1.54, 1.807) is 31.4 Å². The maximum absolute atomic E-state index is 13.2. The number of nitrogens with zero attached hydrogens (tertiary/aromatic N) is 2. The second-order valence-electron chi connectivity index (χ2n) is 7.77. The number of hydrogen-bond acceptors (Lipinski definition) is 7. The molecule has 0 radical (unpaired) electrons. The molecule has 3 aromatic carbocycles. The van der Waals surface area contributed by atoms with Crippen molar-refractivity contribution in [2.45, 2.75) is 6.54 Å². The average molecular weight is 489 g/mol. The van der Waals surface area contributed by atoms with Crippen LogP contribution in [0.5, 0.6) is 0 Å². The van der Waals surface area contributed by atoms with Gasteiger partial charge in [-0.25, -0.2) is 9.59 Å². The second kappa shape index (κ2) is 9.28. The Labute approximate surface area is 202 Å². The van der Waals surface area contributed by atoms with Gasteiger partial charge in [0.15, 0.2) is 4.80 Å². The molecular formula is C26H20N2O6S. The maximum atomic E-state index is 13.2. The topological polar surface area (TPSA) is 100 Å². The van der Waals surface area contributed by atoms with Crippen LogP contribution in [0.25, 0.3) is 32.0 Å². The molecule has 0 fully saturated rings. The molecule has 0 saturated carbocycles. The Morgan fingerprint density at radius 3 is 2.66 bits per heavy atom. The zero-order chi connectivity index (χ0) is 24.5. The van der Waals surface area contributed by atoms with Crippen molar-refractivity contribution < 1.29 is 23.5 Å². The molecule has 176 valence electrons. The van der Waals surface area contributed by atoms with E-state index in [0.717, 1.165) is 21.0 Å². The lowest BCUT2D eigenvalue weighted by Crippen LogP contribution is -2.21. The summed E-state index contributed by atoms with van der Waals surface area (Å²) in [5.41, 5.74) is 0.666. The van der Waals surface area contributed by atoms with Crippen molar-refractivity contribution in [3.8, 4) is 0 Å². The highest BCUT2D eigenvalue weighted by Gasteiger charge is 2.17. The summed E-state index contributed by atoms with van der Waals surface area (Å²) < 4.78 is 18.0. The van der Waals surface area contributed by atoms with Crippen molar-refractivity contribution in [3.63, 3.8) is 0 Å². The summed E-state index contributed by atoms with van der Waals surface area (Å²) in [6, 6.07) is 17.9. The fraction of sp³-hybridized carbons (Fsp3) is 0.154. The van der Waals surface area contributed by atoms with Gasteiger partial charge in [0.1, 0.15) is 11.1 Å². The van der Waals surface area contributed by atoms with E-state index in [9.17, 15) is 14.4 Å². The third kappa shape index (κ3) is 4.16. The van der Waals surface area contributed by atoms with Crippen molar-refractivity contribution in [2.24, 2.45) is 4.99 Å². The molecule has 0 aliphatic heterocycles. The number of carbonyl (C=O) groups excluding carboxylic acids is 2. The van der Waals surface area contributed by atoms with E-state index in [2.05, 4.69) is 4.99 Å². The fourth-order valence-corrected chi connectivity index (χ4v) is 5.06. The van der Waals surface area contributed by atoms with Crippen LogP contribution in [0.1, 0.15) is 20.7 Å². The number of fused-ring (bicyclic) bond motifs is 4. The average Bonchev–Trinajstić information content (AvgIpc) is 3.22. The first-order valence-corrected chi connectivity index (χ1v) is 11.6. The predicted molar refractivity (Wildman–Crippen MR) is 133 cm³/mol. The van der Waals surface area contributed by atoms with Gasteiger partial charge in [-0.3, -0.25) is 4.79 Å². The van der Waals surface area contributed by atoms with E-state index in [1.165, 1.54) is 24.5 Å². The molecule has 0 bridgehead atoms. The quantitative estimate of drug-likeness (QED) is 0.209. The summed E-state index contributed by atoms with van der Waals surface area (Å²) in [6.07, 6.45) is 0. The number of aromatic nitrogens is 1. The zero-order valence-electron chi connectivity index (χ0n) is 18.9. The first kappa shape index (κ1) is 22.7. The minimum Gasteiger partial charge on any atom is -0.465 e. The SMILES string of the molecule is COCCn1c(=NC(=O)c2cc3c(ccc4ccccc43)oc2=O)sc2cc(C(=O)OC)ccc21. The summed E-state index contributed by atoms with van der Waals surface area (Å²) in [7, 11) is 2.90. The number of thiazole rings is 1. The van der Waals surface area contributed by atoms with Gasteiger partial charge in [-0.2, -0.15) is 4.99 Å². The molecule has 0 aliphatic carbocycles. The van der Waals surface area contributed by atoms with Gasteiger partial charge < -0.3 is 18.5 Å². The standard InChI is InChI=1S/C26H20N2O6S/c1-32-12-11-28-20-9-7-16(24(30)33-2)13-22(20)35-26(28)27-23(29)19-14-18-17-6-4-3-5-15(17)8-10-21(18)34-25(19)31/h3-10,13-14H,11-12H2,1-2H3. The van der Waals surface area contributed by atoms with Crippen molar-refractivity contribution in [3.05, 3.63) is 87.0 Å². The van der Waals surface area contributed by atoms with E-state index in [4.69, 9.17) is 13.9 Å². The van der Waals surface area contributed by atoms with Gasteiger partial charge in [-0.15, -0.1) is 0 Å². The summed E-state index contributed by atoms with van der Waals surface area (Å²) in [5.74, 6) is -1.17. The van der Waals surface area contributed by atoms with Crippen LogP contribution in [0.4, 0.5) is 0 Å². The summed E-state index contributed by atoms with van der Waals surface area (Å²) in [4.78, 5) is 42.5. The van der Waals surface area contributed by atoms with Crippen molar-refractivity contribution >= 4 is 55.2 Å². The molecule has 0 atom stereocenters. The molecule has 1 amide bonds. The monoisotopic (exact) mass is 488 g/mol. The Morgan fingerprint density at radius 1 is 1.03 bits per heavy atom. The lowest BCUT2D eigenvalue weighted by Gasteiger charge is -2.05. The molecule has 0 aliphatic rings. The van der Waals surface area contributed by atoms with Crippen molar-refractivity contribution in [2.75, 3.05) is 20.8 Å². The molecule has 0 N–H and O–H groups in total. The van der Waals surface area contributed by atoms with E-state index in [-0.39, 0.29) is 5.56 Å². The molecule has 35 heavy (non-hydrogen) atoms. The molecule has 0 spiro atoms. The van der Waals surface area contributed by atoms with E-state index in [1.807, 2.05) is 34.9 Å². The lowest BCUT2D eigenvalue weighted by atomic mass is 10.0. The lowest BCUT2D eigenvalue weighted by molar-refractivity contribution is 0.0600. The number of methoxy groups -OCH3 is 2. The van der Waals surface area contributed by atoms with Gasteiger partial charge in [0.2, 0.25) is 0 Å². The molecule has 0 saturated heterocycles. The molecule has 2 aromatic heterocycles. The number of esters is 1. The van der Waals surface area contributed by atoms with Gasteiger partial charge in [0.05, 0.1) is 29.5 Å². The highest BCUT2D eigenvalue weighted by atomic mass is 32.1. The Hall–Kier alpha value is -4.08. The van der Waals surface area contributed by atoms with Crippen LogP contribution in [0.3, 0.4) is 0 Å². The van der Waals surface area contributed by atoms with E-state index < -0.39 is 17.5 Å². The third-order valence-electron chi connectivity index (χ3n) is 5.69. The normalized spacial score (nSPS) is 12.0. The molecule has 8 nitrogen and oxygen atoms in total. The van der Waals surface area contributed by atoms with Crippen LogP contribution in [-0.4, -0.2) is 37.3 Å². The van der Waals surface area contributed by atoms with Crippen LogP contribution in [0, 0.1) is 0 Å². The Balaban J connectivity index is 1.67. The van der Waals surface area contributed by atoms with Crippen LogP contribution in [-0.2, 0) is 16.0 Å². The number of benzene rings is 3. The molecule has 5 aromatic rings. The smallest absolute Gasteiger partial charge is 0.349 e. The van der Waals surface area contributed by atoms with Gasteiger partial charge in [-0.1, -0.05) is 41.7 Å². The van der Waals surface area contributed by atoms with Crippen LogP contribution in [0.2, 0.25) is 0 Å². The second-order valence-corrected chi connectivity index (χ2v) is 8.78.